The minimum absolute atomic E-state index is 0.0753. The van der Waals surface area contributed by atoms with Gasteiger partial charge in [-0.15, -0.1) is 0 Å². The third kappa shape index (κ3) is 5.19. The predicted octanol–water partition coefficient (Wildman–Crippen LogP) is 1.21. The third-order valence-corrected chi connectivity index (χ3v) is 2.11. The molecule has 14 heavy (non-hydrogen) atoms. The van der Waals surface area contributed by atoms with Gasteiger partial charge in [0.15, 0.2) is 0 Å². The molecule has 0 saturated carbocycles. The van der Waals surface area contributed by atoms with Gasteiger partial charge in [0.2, 0.25) is 0 Å². The molecule has 0 aliphatic heterocycles. The van der Waals surface area contributed by atoms with Crippen LogP contribution in [-0.4, -0.2) is 47.8 Å². The highest BCUT2D eigenvalue weighted by molar-refractivity contribution is 5.69. The molecule has 1 unspecified atom stereocenters. The fraction of sp³-hybridized carbons (Fsp3) is 0.900. The summed E-state index contributed by atoms with van der Waals surface area (Å²) in [6, 6.07) is 0.368. The van der Waals surface area contributed by atoms with Crippen LogP contribution in [0.1, 0.15) is 27.7 Å². The quantitative estimate of drug-likeness (QED) is 0.675. The van der Waals surface area contributed by atoms with Gasteiger partial charge in [-0.05, 0) is 27.7 Å². The molecule has 0 heterocycles. The summed E-state index contributed by atoms with van der Waals surface area (Å²) in [7, 11) is 0. The highest BCUT2D eigenvalue weighted by Crippen LogP contribution is 2.05. The zero-order chi connectivity index (χ0) is 11.1. The van der Waals surface area contributed by atoms with Crippen LogP contribution in [0.2, 0.25) is 0 Å². The maximum absolute atomic E-state index is 10.6. The first kappa shape index (κ1) is 13.4. The summed E-state index contributed by atoms with van der Waals surface area (Å²) >= 11 is 0. The fourth-order valence-electron chi connectivity index (χ4n) is 1.39. The van der Waals surface area contributed by atoms with Crippen molar-refractivity contribution in [2.75, 3.05) is 19.8 Å². The van der Waals surface area contributed by atoms with Crippen molar-refractivity contribution in [2.24, 2.45) is 0 Å². The molecule has 4 nitrogen and oxygen atoms in total. The van der Waals surface area contributed by atoms with Crippen LogP contribution in [0.5, 0.6) is 0 Å². The van der Waals surface area contributed by atoms with Gasteiger partial charge in [0, 0.05) is 18.7 Å². The van der Waals surface area contributed by atoms with Gasteiger partial charge in [-0.1, -0.05) is 0 Å². The Bertz CT molecular complexity index is 171. The minimum Gasteiger partial charge on any atom is -0.480 e. The average molecular weight is 203 g/mol. The Morgan fingerprint density at radius 1 is 1.43 bits per heavy atom. The molecule has 4 heteroatoms. The molecule has 1 N–H and O–H groups in total. The first-order chi connectivity index (χ1) is 6.49. The summed E-state index contributed by atoms with van der Waals surface area (Å²) in [5.41, 5.74) is 0. The molecule has 0 amide bonds. The normalized spacial score (nSPS) is 13.6. The lowest BCUT2D eigenvalue weighted by Gasteiger charge is -2.30. The molecule has 1 atom stereocenters. The molecule has 0 aliphatic rings. The van der Waals surface area contributed by atoms with Gasteiger partial charge in [-0.3, -0.25) is 9.69 Å². The van der Waals surface area contributed by atoms with Crippen molar-refractivity contribution in [1.82, 2.24) is 4.90 Å². The molecule has 0 aromatic heterocycles. The van der Waals surface area contributed by atoms with Gasteiger partial charge in [0.1, 0.15) is 0 Å². The van der Waals surface area contributed by atoms with Crippen LogP contribution in [0.3, 0.4) is 0 Å². The monoisotopic (exact) mass is 203 g/mol. The Hall–Kier alpha value is -0.610. The minimum atomic E-state index is -0.790. The van der Waals surface area contributed by atoms with Gasteiger partial charge in [0.05, 0.1) is 13.2 Å². The van der Waals surface area contributed by atoms with Crippen LogP contribution in [0, 0.1) is 0 Å². The summed E-state index contributed by atoms with van der Waals surface area (Å²) in [4.78, 5) is 12.5. The van der Waals surface area contributed by atoms with Crippen molar-refractivity contribution < 1.29 is 14.6 Å². The number of carboxylic acids is 1. The molecule has 0 fully saturated rings. The average Bonchev–Trinajstić information content (AvgIpc) is 2.09. The van der Waals surface area contributed by atoms with Gasteiger partial charge < -0.3 is 9.84 Å². The lowest BCUT2D eigenvalue weighted by atomic mass is 10.2. The number of aliphatic carboxylic acids is 1. The second-order valence-electron chi connectivity index (χ2n) is 3.67. The smallest absolute Gasteiger partial charge is 0.317 e. The van der Waals surface area contributed by atoms with Crippen LogP contribution in [-0.2, 0) is 9.53 Å². The first-order valence-corrected chi connectivity index (χ1v) is 5.04. The van der Waals surface area contributed by atoms with E-state index in [0.29, 0.717) is 13.2 Å². The van der Waals surface area contributed by atoms with Crippen LogP contribution >= 0.6 is 0 Å². The van der Waals surface area contributed by atoms with E-state index in [2.05, 4.69) is 0 Å². The third-order valence-electron chi connectivity index (χ3n) is 2.11. The van der Waals surface area contributed by atoms with E-state index in [1.807, 2.05) is 32.6 Å². The van der Waals surface area contributed by atoms with Crippen molar-refractivity contribution >= 4 is 5.97 Å². The van der Waals surface area contributed by atoms with Crippen molar-refractivity contribution in [3.8, 4) is 0 Å². The zero-order valence-corrected chi connectivity index (χ0v) is 9.49. The first-order valence-electron chi connectivity index (χ1n) is 5.04. The summed E-state index contributed by atoms with van der Waals surface area (Å²) in [5.74, 6) is -0.790. The summed E-state index contributed by atoms with van der Waals surface area (Å²) in [6.07, 6.45) is 0. The van der Waals surface area contributed by atoms with Crippen LogP contribution in [0.15, 0.2) is 0 Å². The Morgan fingerprint density at radius 3 is 2.36 bits per heavy atom. The molecule has 0 saturated heterocycles. The highest BCUT2D eigenvalue weighted by atomic mass is 16.5. The number of carbonyl (C=O) groups is 1. The molecular weight excluding hydrogens is 182 g/mol. The zero-order valence-electron chi connectivity index (χ0n) is 9.49. The second-order valence-corrected chi connectivity index (χ2v) is 3.67. The number of rotatable bonds is 7. The van der Waals surface area contributed by atoms with E-state index in [1.165, 1.54) is 0 Å². The van der Waals surface area contributed by atoms with Crippen LogP contribution in [0.25, 0.3) is 0 Å². The number of hydrogen-bond acceptors (Lipinski definition) is 3. The summed E-state index contributed by atoms with van der Waals surface area (Å²) < 4.78 is 5.27. The molecule has 0 bridgehead atoms. The van der Waals surface area contributed by atoms with Crippen LogP contribution < -0.4 is 0 Å². The van der Waals surface area contributed by atoms with E-state index in [4.69, 9.17) is 9.84 Å². The van der Waals surface area contributed by atoms with E-state index in [0.717, 1.165) is 0 Å². The maximum Gasteiger partial charge on any atom is 0.317 e. The van der Waals surface area contributed by atoms with Crippen molar-refractivity contribution in [3.05, 3.63) is 0 Å². The van der Waals surface area contributed by atoms with Gasteiger partial charge in [-0.25, -0.2) is 0 Å². The molecule has 0 spiro atoms. The van der Waals surface area contributed by atoms with E-state index in [-0.39, 0.29) is 18.6 Å². The lowest BCUT2D eigenvalue weighted by Crippen LogP contribution is -2.44. The fourth-order valence-corrected chi connectivity index (χ4v) is 1.39. The Kier molecular flexibility index (Phi) is 6.49. The standard InChI is InChI=1S/C10H21NO3/c1-5-14-7-9(4)11(8(2)3)6-10(12)13/h8-9H,5-7H2,1-4H3,(H,12,13). The van der Waals surface area contributed by atoms with Gasteiger partial charge >= 0.3 is 5.97 Å². The predicted molar refractivity (Wildman–Crippen MR) is 55.4 cm³/mol. The van der Waals surface area contributed by atoms with E-state index >= 15 is 0 Å². The molecule has 0 aliphatic carbocycles. The maximum atomic E-state index is 10.6. The summed E-state index contributed by atoms with van der Waals surface area (Å²) in [6.45, 7) is 9.23. The molecular formula is C10H21NO3. The Balaban J connectivity index is 4.11. The largest absolute Gasteiger partial charge is 0.480 e. The molecule has 0 aromatic carbocycles. The van der Waals surface area contributed by atoms with Crippen LogP contribution in [0.4, 0.5) is 0 Å². The van der Waals surface area contributed by atoms with E-state index in [1.54, 1.807) is 0 Å². The number of carboxylic acid groups (broad SMARTS) is 1. The lowest BCUT2D eigenvalue weighted by molar-refractivity contribution is -0.139. The molecule has 0 radical (unpaired) electrons. The Morgan fingerprint density at radius 2 is 2.00 bits per heavy atom. The second kappa shape index (κ2) is 6.79. The number of ether oxygens (including phenoxy) is 1. The highest BCUT2D eigenvalue weighted by Gasteiger charge is 2.19. The van der Waals surface area contributed by atoms with Gasteiger partial charge in [-0.2, -0.15) is 0 Å². The van der Waals surface area contributed by atoms with Crippen molar-refractivity contribution in [3.63, 3.8) is 0 Å². The van der Waals surface area contributed by atoms with Crippen molar-refractivity contribution in [2.45, 2.75) is 39.8 Å². The Labute approximate surface area is 85.9 Å². The van der Waals surface area contributed by atoms with Gasteiger partial charge in [0.25, 0.3) is 0 Å². The molecule has 0 rings (SSSR count). The SMILES string of the molecule is CCOCC(C)N(CC(=O)O)C(C)C. The van der Waals surface area contributed by atoms with E-state index in [9.17, 15) is 4.79 Å². The molecule has 0 aromatic rings. The number of hydrogen-bond donors (Lipinski definition) is 1. The topological polar surface area (TPSA) is 49.8 Å². The summed E-state index contributed by atoms with van der Waals surface area (Å²) in [5, 5.41) is 8.72. The number of nitrogens with zero attached hydrogens (tertiary/aromatic N) is 1. The van der Waals surface area contributed by atoms with Crippen molar-refractivity contribution in [1.29, 1.82) is 0 Å². The molecule has 84 valence electrons. The van der Waals surface area contributed by atoms with E-state index < -0.39 is 5.97 Å².